The first-order chi connectivity index (χ1) is 10.1. The quantitative estimate of drug-likeness (QED) is 0.842. The Morgan fingerprint density at radius 2 is 2.10 bits per heavy atom. The number of aliphatic carboxylic acids is 1. The van der Waals surface area contributed by atoms with Gasteiger partial charge in [0.2, 0.25) is 0 Å². The van der Waals surface area contributed by atoms with E-state index in [-0.39, 0.29) is 6.54 Å². The molecule has 2 rings (SSSR count). The number of carboxylic acid groups (broad SMARTS) is 1. The molecule has 1 aromatic rings. The van der Waals surface area contributed by atoms with Crippen molar-refractivity contribution in [2.75, 3.05) is 26.2 Å². The third-order valence-corrected chi connectivity index (χ3v) is 4.46. The van der Waals surface area contributed by atoms with E-state index in [4.69, 9.17) is 28.3 Å². The molecule has 0 aromatic heterocycles. The third kappa shape index (κ3) is 5.15. The zero-order valence-corrected chi connectivity index (χ0v) is 13.3. The summed E-state index contributed by atoms with van der Waals surface area (Å²) in [4.78, 5) is 12.9. The van der Waals surface area contributed by atoms with E-state index in [1.54, 1.807) is 0 Å². The lowest BCUT2D eigenvalue weighted by molar-refractivity contribution is -0.136. The van der Waals surface area contributed by atoms with Crippen LogP contribution in [0, 0.1) is 5.92 Å². The molecule has 21 heavy (non-hydrogen) atoms. The lowest BCUT2D eigenvalue weighted by Gasteiger charge is -2.33. The van der Waals surface area contributed by atoms with Crippen LogP contribution in [0.2, 0.25) is 10.0 Å². The molecular formula is C15H20Cl2N2O2. The monoisotopic (exact) mass is 330 g/mol. The zero-order chi connectivity index (χ0) is 15.2. The zero-order valence-electron chi connectivity index (χ0n) is 11.8. The van der Waals surface area contributed by atoms with Gasteiger partial charge in [-0.3, -0.25) is 9.69 Å². The Balaban J connectivity index is 1.88. The van der Waals surface area contributed by atoms with Gasteiger partial charge in [0.05, 0.1) is 6.54 Å². The first kappa shape index (κ1) is 16.6. The number of hydrogen-bond acceptors (Lipinski definition) is 3. The van der Waals surface area contributed by atoms with E-state index in [0.29, 0.717) is 16.0 Å². The van der Waals surface area contributed by atoms with E-state index in [2.05, 4.69) is 10.2 Å². The summed E-state index contributed by atoms with van der Waals surface area (Å²) >= 11 is 12.4. The number of benzene rings is 1. The number of rotatable bonds is 6. The number of hydrogen-bond donors (Lipinski definition) is 2. The predicted octanol–water partition coefficient (Wildman–Crippen LogP) is 2.88. The highest BCUT2D eigenvalue weighted by Crippen LogP contribution is 2.27. The number of halogens is 2. The maximum Gasteiger partial charge on any atom is 0.317 e. The third-order valence-electron chi connectivity index (χ3n) is 3.76. The Kier molecular flexibility index (Phi) is 6.30. The second kappa shape index (κ2) is 7.99. The molecule has 6 heteroatoms. The molecule has 1 aromatic carbocycles. The number of piperidine rings is 1. The van der Waals surface area contributed by atoms with Gasteiger partial charge in [-0.1, -0.05) is 29.3 Å². The van der Waals surface area contributed by atoms with Gasteiger partial charge in [0, 0.05) is 28.7 Å². The second-order valence-electron chi connectivity index (χ2n) is 5.47. The molecule has 1 atom stereocenters. The molecule has 0 radical (unpaired) electrons. The van der Waals surface area contributed by atoms with Crippen molar-refractivity contribution in [1.82, 2.24) is 10.2 Å². The van der Waals surface area contributed by atoms with Gasteiger partial charge in [0.25, 0.3) is 0 Å². The van der Waals surface area contributed by atoms with Crippen molar-refractivity contribution in [3.05, 3.63) is 33.8 Å². The number of likely N-dealkylation sites (tertiary alicyclic amines) is 1. The van der Waals surface area contributed by atoms with Crippen LogP contribution >= 0.6 is 23.2 Å². The summed E-state index contributed by atoms with van der Waals surface area (Å²) < 4.78 is 0. The number of carboxylic acids is 1. The Bertz CT molecular complexity index is 476. The van der Waals surface area contributed by atoms with Gasteiger partial charge in [-0.05, 0) is 44.0 Å². The average Bonchev–Trinajstić information content (AvgIpc) is 2.43. The van der Waals surface area contributed by atoms with Crippen molar-refractivity contribution in [3.8, 4) is 0 Å². The lowest BCUT2D eigenvalue weighted by atomic mass is 9.97. The van der Waals surface area contributed by atoms with Gasteiger partial charge in [0.15, 0.2) is 0 Å². The van der Waals surface area contributed by atoms with Crippen molar-refractivity contribution >= 4 is 29.2 Å². The summed E-state index contributed by atoms with van der Waals surface area (Å²) in [5.41, 5.74) is 0.972. The highest BCUT2D eigenvalue weighted by Gasteiger charge is 2.21. The Morgan fingerprint density at radius 3 is 2.76 bits per heavy atom. The standard InChI is InChI=1S/C15H20Cl2N2O2/c16-13-4-1-5-14(17)12(13)10-19-6-2-3-11(9-19)7-18-8-15(20)21/h1,4-5,11,18H,2-3,6-10H2,(H,20,21). The molecule has 1 fully saturated rings. The molecular weight excluding hydrogens is 311 g/mol. The molecule has 4 nitrogen and oxygen atoms in total. The Morgan fingerprint density at radius 1 is 1.38 bits per heavy atom. The summed E-state index contributed by atoms with van der Waals surface area (Å²) in [6.07, 6.45) is 2.24. The van der Waals surface area contributed by atoms with Crippen molar-refractivity contribution in [1.29, 1.82) is 0 Å². The number of nitrogens with zero attached hydrogens (tertiary/aromatic N) is 1. The van der Waals surface area contributed by atoms with E-state index in [1.165, 1.54) is 0 Å². The van der Waals surface area contributed by atoms with E-state index < -0.39 is 5.97 Å². The van der Waals surface area contributed by atoms with Gasteiger partial charge in [-0.25, -0.2) is 0 Å². The Hall–Kier alpha value is -0.810. The fraction of sp³-hybridized carbons (Fsp3) is 0.533. The minimum atomic E-state index is -0.814. The summed E-state index contributed by atoms with van der Waals surface area (Å²) in [6, 6.07) is 5.57. The minimum absolute atomic E-state index is 0.0207. The molecule has 0 bridgehead atoms. The minimum Gasteiger partial charge on any atom is -0.480 e. The molecule has 1 unspecified atom stereocenters. The molecule has 2 N–H and O–H groups in total. The largest absolute Gasteiger partial charge is 0.480 e. The van der Waals surface area contributed by atoms with E-state index in [0.717, 1.165) is 44.6 Å². The van der Waals surface area contributed by atoms with Crippen LogP contribution in [-0.2, 0) is 11.3 Å². The smallest absolute Gasteiger partial charge is 0.317 e. The van der Waals surface area contributed by atoms with E-state index >= 15 is 0 Å². The maximum atomic E-state index is 10.5. The molecule has 0 spiro atoms. The van der Waals surface area contributed by atoms with Gasteiger partial charge < -0.3 is 10.4 Å². The van der Waals surface area contributed by atoms with Crippen LogP contribution in [0.3, 0.4) is 0 Å². The SMILES string of the molecule is O=C(O)CNCC1CCCN(Cc2c(Cl)cccc2Cl)C1. The van der Waals surface area contributed by atoms with Crippen LogP contribution in [0.15, 0.2) is 18.2 Å². The van der Waals surface area contributed by atoms with Crippen molar-refractivity contribution in [2.45, 2.75) is 19.4 Å². The molecule has 1 saturated heterocycles. The van der Waals surface area contributed by atoms with Gasteiger partial charge in [-0.2, -0.15) is 0 Å². The van der Waals surface area contributed by atoms with Gasteiger partial charge in [0.1, 0.15) is 0 Å². The fourth-order valence-electron chi connectivity index (χ4n) is 2.75. The van der Waals surface area contributed by atoms with Crippen LogP contribution in [0.4, 0.5) is 0 Å². The normalized spacial score (nSPS) is 19.6. The van der Waals surface area contributed by atoms with Crippen LogP contribution in [0.5, 0.6) is 0 Å². The summed E-state index contributed by atoms with van der Waals surface area (Å²) in [5.74, 6) is -0.343. The second-order valence-corrected chi connectivity index (χ2v) is 6.28. The van der Waals surface area contributed by atoms with Gasteiger partial charge >= 0.3 is 5.97 Å². The van der Waals surface area contributed by atoms with Crippen molar-refractivity contribution in [3.63, 3.8) is 0 Å². The maximum absolute atomic E-state index is 10.5. The summed E-state index contributed by atoms with van der Waals surface area (Å²) in [7, 11) is 0. The van der Waals surface area contributed by atoms with Crippen molar-refractivity contribution in [2.24, 2.45) is 5.92 Å². The van der Waals surface area contributed by atoms with Crippen LogP contribution in [0.1, 0.15) is 18.4 Å². The average molecular weight is 331 g/mol. The Labute approximate surface area is 135 Å². The molecule has 1 aliphatic heterocycles. The molecule has 0 saturated carbocycles. The van der Waals surface area contributed by atoms with Crippen molar-refractivity contribution < 1.29 is 9.90 Å². The topological polar surface area (TPSA) is 52.6 Å². The number of nitrogens with one attached hydrogen (secondary N) is 1. The highest BCUT2D eigenvalue weighted by molar-refractivity contribution is 6.35. The highest BCUT2D eigenvalue weighted by atomic mass is 35.5. The fourth-order valence-corrected chi connectivity index (χ4v) is 3.27. The van der Waals surface area contributed by atoms with Gasteiger partial charge in [-0.15, -0.1) is 0 Å². The molecule has 0 amide bonds. The predicted molar refractivity (Wildman–Crippen MR) is 85.0 cm³/mol. The molecule has 1 aliphatic rings. The number of carbonyl (C=O) groups is 1. The van der Waals surface area contributed by atoms with Crippen LogP contribution in [0.25, 0.3) is 0 Å². The van der Waals surface area contributed by atoms with Crippen LogP contribution < -0.4 is 5.32 Å². The lowest BCUT2D eigenvalue weighted by Crippen LogP contribution is -2.40. The summed E-state index contributed by atoms with van der Waals surface area (Å²) in [6.45, 7) is 3.46. The van der Waals surface area contributed by atoms with Crippen LogP contribution in [-0.4, -0.2) is 42.2 Å². The summed E-state index contributed by atoms with van der Waals surface area (Å²) in [5, 5.41) is 13.0. The van der Waals surface area contributed by atoms with E-state index in [1.807, 2.05) is 18.2 Å². The first-order valence-corrected chi connectivity index (χ1v) is 7.89. The molecule has 1 heterocycles. The molecule has 0 aliphatic carbocycles. The first-order valence-electron chi connectivity index (χ1n) is 7.14. The van der Waals surface area contributed by atoms with E-state index in [9.17, 15) is 4.79 Å². The molecule has 116 valence electrons.